The summed E-state index contributed by atoms with van der Waals surface area (Å²) in [6, 6.07) is 0. The lowest BCUT2D eigenvalue weighted by molar-refractivity contribution is 0.613. The maximum Gasteiger partial charge on any atom is 0.0117 e. The van der Waals surface area contributed by atoms with Crippen LogP contribution in [0.15, 0.2) is 12.7 Å². The molecule has 0 spiro atoms. The van der Waals surface area contributed by atoms with Gasteiger partial charge in [0.25, 0.3) is 0 Å². The van der Waals surface area contributed by atoms with Gasteiger partial charge in [-0.3, -0.25) is 0 Å². The molecule has 0 N–H and O–H groups in total. The Balaban J connectivity index is 3.33. The van der Waals surface area contributed by atoms with Crippen LogP contribution in [-0.4, -0.2) is 0 Å². The molecule has 0 aliphatic carbocycles. The van der Waals surface area contributed by atoms with Crippen molar-refractivity contribution in [3.8, 4) is 11.8 Å². The van der Waals surface area contributed by atoms with Crippen LogP contribution in [-0.2, 0) is 0 Å². The standard InChI is InChI=1S/C9H14/c1-4-6-8-9(3)7-5-2/h5,9H,2,7-8H2,1,3H3. The molecular formula is C9H14. The molecule has 0 heterocycles. The summed E-state index contributed by atoms with van der Waals surface area (Å²) in [5.74, 6) is 6.58. The minimum Gasteiger partial charge on any atom is -0.107 e. The molecule has 0 heteroatoms. The van der Waals surface area contributed by atoms with Crippen molar-refractivity contribution in [3.63, 3.8) is 0 Å². The molecule has 50 valence electrons. The van der Waals surface area contributed by atoms with Crippen molar-refractivity contribution in [2.24, 2.45) is 5.92 Å². The van der Waals surface area contributed by atoms with Crippen LogP contribution in [0.25, 0.3) is 0 Å². The van der Waals surface area contributed by atoms with Crippen molar-refractivity contribution in [1.82, 2.24) is 0 Å². The monoisotopic (exact) mass is 122 g/mol. The molecule has 0 bridgehead atoms. The minimum absolute atomic E-state index is 0.676. The van der Waals surface area contributed by atoms with Gasteiger partial charge in [0.05, 0.1) is 0 Å². The fourth-order valence-corrected chi connectivity index (χ4v) is 0.644. The molecule has 0 saturated heterocycles. The second-order valence-electron chi connectivity index (χ2n) is 2.26. The van der Waals surface area contributed by atoms with Gasteiger partial charge in [-0.2, -0.15) is 0 Å². The van der Waals surface area contributed by atoms with Crippen LogP contribution in [0.2, 0.25) is 0 Å². The van der Waals surface area contributed by atoms with E-state index in [1.165, 1.54) is 0 Å². The number of allylic oxidation sites excluding steroid dienone is 1. The van der Waals surface area contributed by atoms with Gasteiger partial charge >= 0.3 is 0 Å². The summed E-state index contributed by atoms with van der Waals surface area (Å²) in [6.07, 6.45) is 4.03. The van der Waals surface area contributed by atoms with Crippen molar-refractivity contribution in [1.29, 1.82) is 0 Å². The Bertz CT molecular complexity index is 123. The quantitative estimate of drug-likeness (QED) is 0.398. The van der Waals surface area contributed by atoms with Gasteiger partial charge in [0, 0.05) is 6.42 Å². The first-order valence-corrected chi connectivity index (χ1v) is 3.31. The SMILES string of the molecule is C=CCC(C)CC#CC. The molecule has 0 rings (SSSR count). The summed E-state index contributed by atoms with van der Waals surface area (Å²) in [5, 5.41) is 0. The molecule has 0 nitrogen and oxygen atoms in total. The molecule has 1 unspecified atom stereocenters. The van der Waals surface area contributed by atoms with Crippen molar-refractivity contribution < 1.29 is 0 Å². The Morgan fingerprint density at radius 3 is 2.78 bits per heavy atom. The summed E-state index contributed by atoms with van der Waals surface area (Å²) in [6.45, 7) is 7.72. The van der Waals surface area contributed by atoms with Crippen LogP contribution in [0.1, 0.15) is 26.7 Å². The highest BCUT2D eigenvalue weighted by atomic mass is 14.0. The van der Waals surface area contributed by atoms with Gasteiger partial charge in [-0.05, 0) is 19.3 Å². The van der Waals surface area contributed by atoms with Gasteiger partial charge < -0.3 is 0 Å². The van der Waals surface area contributed by atoms with E-state index < -0.39 is 0 Å². The zero-order valence-electron chi connectivity index (χ0n) is 6.28. The third-order valence-corrected chi connectivity index (χ3v) is 1.20. The lowest BCUT2D eigenvalue weighted by Gasteiger charge is -2.00. The van der Waals surface area contributed by atoms with Gasteiger partial charge in [-0.25, -0.2) is 0 Å². The Kier molecular flexibility index (Phi) is 5.01. The van der Waals surface area contributed by atoms with Crippen molar-refractivity contribution in [2.45, 2.75) is 26.7 Å². The Labute approximate surface area is 58.0 Å². The summed E-state index contributed by atoms with van der Waals surface area (Å²) in [5.41, 5.74) is 0. The van der Waals surface area contributed by atoms with E-state index in [2.05, 4.69) is 25.3 Å². The number of hydrogen-bond donors (Lipinski definition) is 0. The molecule has 9 heavy (non-hydrogen) atoms. The Morgan fingerprint density at radius 2 is 2.33 bits per heavy atom. The van der Waals surface area contributed by atoms with E-state index in [9.17, 15) is 0 Å². The largest absolute Gasteiger partial charge is 0.107 e. The van der Waals surface area contributed by atoms with Gasteiger partial charge in [0.15, 0.2) is 0 Å². The Hall–Kier alpha value is -0.700. The first-order chi connectivity index (χ1) is 4.31. The van der Waals surface area contributed by atoms with E-state index in [1.807, 2.05) is 13.0 Å². The van der Waals surface area contributed by atoms with Crippen LogP contribution in [0.5, 0.6) is 0 Å². The van der Waals surface area contributed by atoms with E-state index in [-0.39, 0.29) is 0 Å². The van der Waals surface area contributed by atoms with Crippen LogP contribution >= 0.6 is 0 Å². The van der Waals surface area contributed by atoms with E-state index in [0.717, 1.165) is 12.8 Å². The lowest BCUT2D eigenvalue weighted by Crippen LogP contribution is -1.88. The highest BCUT2D eigenvalue weighted by Crippen LogP contribution is 2.05. The molecule has 0 aromatic rings. The van der Waals surface area contributed by atoms with Crippen LogP contribution in [0.3, 0.4) is 0 Å². The maximum atomic E-state index is 3.66. The van der Waals surface area contributed by atoms with Crippen LogP contribution < -0.4 is 0 Å². The summed E-state index contributed by atoms with van der Waals surface area (Å²) < 4.78 is 0. The van der Waals surface area contributed by atoms with Gasteiger partial charge in [0.1, 0.15) is 0 Å². The molecule has 0 saturated carbocycles. The summed E-state index contributed by atoms with van der Waals surface area (Å²) in [7, 11) is 0. The molecule has 0 fully saturated rings. The predicted molar refractivity (Wildman–Crippen MR) is 42.0 cm³/mol. The predicted octanol–water partition coefficient (Wildman–Crippen LogP) is 2.61. The highest BCUT2D eigenvalue weighted by Gasteiger charge is 1.93. The van der Waals surface area contributed by atoms with E-state index in [0.29, 0.717) is 5.92 Å². The zero-order chi connectivity index (χ0) is 7.11. The summed E-state index contributed by atoms with van der Waals surface area (Å²) >= 11 is 0. The molecule has 0 aliphatic rings. The average molecular weight is 122 g/mol. The smallest absolute Gasteiger partial charge is 0.0117 e. The van der Waals surface area contributed by atoms with Crippen LogP contribution in [0, 0.1) is 17.8 Å². The van der Waals surface area contributed by atoms with Crippen molar-refractivity contribution in [2.75, 3.05) is 0 Å². The number of hydrogen-bond acceptors (Lipinski definition) is 0. The van der Waals surface area contributed by atoms with Crippen molar-refractivity contribution in [3.05, 3.63) is 12.7 Å². The maximum absolute atomic E-state index is 3.66. The topological polar surface area (TPSA) is 0 Å². The summed E-state index contributed by atoms with van der Waals surface area (Å²) in [4.78, 5) is 0. The van der Waals surface area contributed by atoms with E-state index in [1.54, 1.807) is 0 Å². The fourth-order valence-electron chi connectivity index (χ4n) is 0.644. The first kappa shape index (κ1) is 8.30. The molecule has 0 aromatic carbocycles. The highest BCUT2D eigenvalue weighted by molar-refractivity contribution is 4.96. The Morgan fingerprint density at radius 1 is 1.67 bits per heavy atom. The third kappa shape index (κ3) is 5.17. The lowest BCUT2D eigenvalue weighted by atomic mass is 10.1. The van der Waals surface area contributed by atoms with Crippen LogP contribution in [0.4, 0.5) is 0 Å². The average Bonchev–Trinajstić information content (AvgIpc) is 1.85. The van der Waals surface area contributed by atoms with E-state index in [4.69, 9.17) is 0 Å². The van der Waals surface area contributed by atoms with E-state index >= 15 is 0 Å². The normalized spacial score (nSPS) is 11.3. The van der Waals surface area contributed by atoms with Crippen molar-refractivity contribution >= 4 is 0 Å². The minimum atomic E-state index is 0.676. The molecule has 1 atom stereocenters. The molecule has 0 aliphatic heterocycles. The fraction of sp³-hybridized carbons (Fsp3) is 0.556. The molecule has 0 radical (unpaired) electrons. The zero-order valence-corrected chi connectivity index (χ0v) is 6.28. The molecular weight excluding hydrogens is 108 g/mol. The molecule has 0 amide bonds. The second kappa shape index (κ2) is 5.44. The van der Waals surface area contributed by atoms with Gasteiger partial charge in [-0.1, -0.05) is 13.0 Å². The second-order valence-corrected chi connectivity index (χ2v) is 2.26. The number of rotatable bonds is 3. The van der Waals surface area contributed by atoms with Gasteiger partial charge in [-0.15, -0.1) is 18.4 Å². The van der Waals surface area contributed by atoms with Gasteiger partial charge in [0.2, 0.25) is 0 Å². The first-order valence-electron chi connectivity index (χ1n) is 3.31. The molecule has 0 aromatic heterocycles. The third-order valence-electron chi connectivity index (χ3n) is 1.20.